The highest BCUT2D eigenvalue weighted by Gasteiger charge is 2.29. The summed E-state index contributed by atoms with van der Waals surface area (Å²) in [6, 6.07) is 3.13. The summed E-state index contributed by atoms with van der Waals surface area (Å²) in [7, 11) is 2.95. The van der Waals surface area contributed by atoms with Crippen molar-refractivity contribution >= 4 is 5.91 Å². The van der Waals surface area contributed by atoms with Crippen LogP contribution in [0.3, 0.4) is 0 Å². The van der Waals surface area contributed by atoms with Gasteiger partial charge in [-0.25, -0.2) is 0 Å². The van der Waals surface area contributed by atoms with E-state index in [1.165, 1.54) is 14.2 Å². The lowest BCUT2D eigenvalue weighted by Crippen LogP contribution is -2.44. The lowest BCUT2D eigenvalue weighted by molar-refractivity contribution is 0.00525. The van der Waals surface area contributed by atoms with Gasteiger partial charge in [-0.3, -0.25) is 4.79 Å². The molecule has 0 aromatic heterocycles. The number of carbonyl (C=O) groups excluding carboxylic acids is 1. The molecule has 1 aliphatic rings. The largest absolute Gasteiger partial charge is 0.493 e. The van der Waals surface area contributed by atoms with Crippen molar-refractivity contribution in [3.63, 3.8) is 0 Å². The van der Waals surface area contributed by atoms with E-state index in [4.69, 9.17) is 20.6 Å². The molecule has 136 valence electrons. The molecule has 0 saturated heterocycles. The van der Waals surface area contributed by atoms with Gasteiger partial charge in [0.2, 0.25) is 5.75 Å². The number of carbonyl (C=O) groups is 1. The van der Waals surface area contributed by atoms with Crippen LogP contribution in [0.4, 0.5) is 0 Å². The number of rotatable bonds is 7. The minimum absolute atomic E-state index is 0.0608. The monoisotopic (exact) mass is 347 g/mol. The first kappa shape index (κ1) is 18.9. The highest BCUT2D eigenvalue weighted by molar-refractivity contribution is 5.95. The van der Waals surface area contributed by atoms with Gasteiger partial charge < -0.3 is 24.6 Å². The van der Waals surface area contributed by atoms with Crippen LogP contribution in [0.1, 0.15) is 42.5 Å². The summed E-state index contributed by atoms with van der Waals surface area (Å²) in [5.41, 5.74) is -0.459. The molecule has 2 rings (SSSR count). The SMILES string of the molecule is C#CCOc1c(OC)cc(C(=O)NCC2(O)CCCCC2)cc1OC. The van der Waals surface area contributed by atoms with Crippen LogP contribution in [0.5, 0.6) is 17.2 Å². The van der Waals surface area contributed by atoms with E-state index in [0.717, 1.165) is 19.3 Å². The maximum Gasteiger partial charge on any atom is 0.251 e. The maximum absolute atomic E-state index is 12.5. The normalized spacial score (nSPS) is 15.8. The topological polar surface area (TPSA) is 77.0 Å². The Hall–Kier alpha value is -2.39. The Morgan fingerprint density at radius 1 is 1.24 bits per heavy atom. The van der Waals surface area contributed by atoms with Crippen LogP contribution in [0.2, 0.25) is 0 Å². The van der Waals surface area contributed by atoms with E-state index < -0.39 is 5.60 Å². The zero-order chi connectivity index (χ0) is 18.3. The van der Waals surface area contributed by atoms with Crippen molar-refractivity contribution in [1.82, 2.24) is 5.32 Å². The van der Waals surface area contributed by atoms with E-state index in [-0.39, 0.29) is 19.1 Å². The second kappa shape index (κ2) is 8.63. The van der Waals surface area contributed by atoms with Gasteiger partial charge in [0.1, 0.15) is 6.61 Å². The van der Waals surface area contributed by atoms with Gasteiger partial charge in [0.25, 0.3) is 5.91 Å². The number of hydrogen-bond acceptors (Lipinski definition) is 5. The van der Waals surface area contributed by atoms with Crippen molar-refractivity contribution in [1.29, 1.82) is 0 Å². The summed E-state index contributed by atoms with van der Waals surface area (Å²) in [4.78, 5) is 12.5. The number of benzene rings is 1. The van der Waals surface area contributed by atoms with Crippen molar-refractivity contribution in [3.8, 4) is 29.6 Å². The molecule has 1 aliphatic carbocycles. The fourth-order valence-electron chi connectivity index (χ4n) is 3.00. The Morgan fingerprint density at radius 2 is 1.84 bits per heavy atom. The Bertz CT molecular complexity index is 619. The van der Waals surface area contributed by atoms with Gasteiger partial charge in [0.15, 0.2) is 11.5 Å². The van der Waals surface area contributed by atoms with Gasteiger partial charge >= 0.3 is 0 Å². The summed E-state index contributed by atoms with van der Waals surface area (Å²) in [6.45, 7) is 0.289. The average molecular weight is 347 g/mol. The quantitative estimate of drug-likeness (QED) is 0.739. The fraction of sp³-hybridized carbons (Fsp3) is 0.526. The fourth-order valence-corrected chi connectivity index (χ4v) is 3.00. The van der Waals surface area contributed by atoms with Crippen LogP contribution in [0.25, 0.3) is 0 Å². The second-order valence-electron chi connectivity index (χ2n) is 6.17. The van der Waals surface area contributed by atoms with Crippen LogP contribution in [0, 0.1) is 12.3 Å². The molecule has 1 saturated carbocycles. The first-order valence-corrected chi connectivity index (χ1v) is 8.36. The van der Waals surface area contributed by atoms with Gasteiger partial charge in [0, 0.05) is 12.1 Å². The molecule has 1 aromatic carbocycles. The van der Waals surface area contributed by atoms with Crippen LogP contribution < -0.4 is 19.5 Å². The molecule has 0 aliphatic heterocycles. The minimum Gasteiger partial charge on any atom is -0.493 e. The summed E-state index contributed by atoms with van der Waals surface area (Å²) < 4.78 is 16.0. The number of amides is 1. The summed E-state index contributed by atoms with van der Waals surface area (Å²) in [6.07, 6.45) is 9.72. The van der Waals surface area contributed by atoms with Crippen molar-refractivity contribution < 1.29 is 24.1 Å². The van der Waals surface area contributed by atoms with Crippen molar-refractivity contribution in [2.45, 2.75) is 37.7 Å². The Kier molecular flexibility index (Phi) is 6.54. The number of methoxy groups -OCH3 is 2. The van der Waals surface area contributed by atoms with E-state index in [1.807, 2.05) is 0 Å². The van der Waals surface area contributed by atoms with Gasteiger partial charge in [-0.2, -0.15) is 0 Å². The van der Waals surface area contributed by atoms with Crippen molar-refractivity contribution in [3.05, 3.63) is 17.7 Å². The summed E-state index contributed by atoms with van der Waals surface area (Å²) in [5, 5.41) is 13.3. The van der Waals surface area contributed by atoms with E-state index in [2.05, 4.69) is 11.2 Å². The minimum atomic E-state index is -0.821. The standard InChI is InChI=1S/C19H25NO5/c1-4-10-25-17-15(23-2)11-14(12-16(17)24-3)18(21)20-13-19(22)8-6-5-7-9-19/h1,11-12,22H,5-10,13H2,2-3H3,(H,20,21). The predicted molar refractivity (Wildman–Crippen MR) is 94.2 cm³/mol. The lowest BCUT2D eigenvalue weighted by Gasteiger charge is -2.32. The molecule has 25 heavy (non-hydrogen) atoms. The molecule has 0 atom stereocenters. The smallest absolute Gasteiger partial charge is 0.251 e. The number of terminal acetylenes is 1. The number of ether oxygens (including phenoxy) is 3. The van der Waals surface area contributed by atoms with Gasteiger partial charge in [-0.1, -0.05) is 25.2 Å². The van der Waals surface area contributed by atoms with E-state index in [0.29, 0.717) is 35.7 Å². The molecule has 0 heterocycles. The van der Waals surface area contributed by atoms with Crippen LogP contribution >= 0.6 is 0 Å². The molecule has 0 spiro atoms. The maximum atomic E-state index is 12.5. The molecule has 6 heteroatoms. The summed E-state index contributed by atoms with van der Waals surface area (Å²) in [5.74, 6) is 3.14. The highest BCUT2D eigenvalue weighted by Crippen LogP contribution is 2.38. The third kappa shape index (κ3) is 4.80. The van der Waals surface area contributed by atoms with Crippen LogP contribution in [0.15, 0.2) is 12.1 Å². The zero-order valence-electron chi connectivity index (χ0n) is 14.8. The third-order valence-corrected chi connectivity index (χ3v) is 4.38. The highest BCUT2D eigenvalue weighted by atomic mass is 16.5. The summed E-state index contributed by atoms with van der Waals surface area (Å²) >= 11 is 0. The van der Waals surface area contributed by atoms with E-state index >= 15 is 0 Å². The number of aliphatic hydroxyl groups is 1. The zero-order valence-corrected chi connectivity index (χ0v) is 14.8. The van der Waals surface area contributed by atoms with E-state index in [9.17, 15) is 9.90 Å². The molecular weight excluding hydrogens is 322 g/mol. The van der Waals surface area contributed by atoms with Crippen LogP contribution in [-0.4, -0.2) is 44.0 Å². The Balaban J connectivity index is 2.14. The van der Waals surface area contributed by atoms with Crippen LogP contribution in [-0.2, 0) is 0 Å². The third-order valence-electron chi connectivity index (χ3n) is 4.38. The molecular formula is C19H25NO5. The molecule has 6 nitrogen and oxygen atoms in total. The number of hydrogen-bond donors (Lipinski definition) is 2. The van der Waals surface area contributed by atoms with Gasteiger partial charge in [-0.05, 0) is 25.0 Å². The van der Waals surface area contributed by atoms with Crippen molar-refractivity contribution in [2.24, 2.45) is 0 Å². The molecule has 0 radical (unpaired) electrons. The van der Waals surface area contributed by atoms with Gasteiger partial charge in [0.05, 0.1) is 19.8 Å². The predicted octanol–water partition coefficient (Wildman–Crippen LogP) is 2.14. The Morgan fingerprint density at radius 3 is 2.36 bits per heavy atom. The molecule has 1 fully saturated rings. The first-order valence-electron chi connectivity index (χ1n) is 8.36. The molecule has 2 N–H and O–H groups in total. The molecule has 0 unspecified atom stereocenters. The number of nitrogens with one attached hydrogen (secondary N) is 1. The lowest BCUT2D eigenvalue weighted by atomic mass is 9.85. The van der Waals surface area contributed by atoms with Crippen molar-refractivity contribution in [2.75, 3.05) is 27.4 Å². The second-order valence-corrected chi connectivity index (χ2v) is 6.17. The molecule has 1 aromatic rings. The van der Waals surface area contributed by atoms with Gasteiger partial charge in [-0.15, -0.1) is 6.42 Å². The molecule has 0 bridgehead atoms. The van der Waals surface area contributed by atoms with E-state index in [1.54, 1.807) is 12.1 Å². The average Bonchev–Trinajstić information content (AvgIpc) is 2.64. The Labute approximate surface area is 148 Å². The molecule has 1 amide bonds. The first-order chi connectivity index (χ1) is 12.0.